The van der Waals surface area contributed by atoms with Crippen molar-refractivity contribution < 1.29 is 4.79 Å². The third-order valence-electron chi connectivity index (χ3n) is 4.30. The first-order valence-corrected chi connectivity index (χ1v) is 7.75. The van der Waals surface area contributed by atoms with Crippen LogP contribution in [0, 0.1) is 17.2 Å². The highest BCUT2D eigenvalue weighted by molar-refractivity contribution is 5.77. The zero-order chi connectivity index (χ0) is 16.1. The number of amides is 1. The predicted octanol–water partition coefficient (Wildman–Crippen LogP) is 2.17. The Morgan fingerprint density at radius 3 is 2.78 bits per heavy atom. The second-order valence-electron chi connectivity index (χ2n) is 5.75. The highest BCUT2D eigenvalue weighted by atomic mass is 16.2. The number of hydrogen-bond donors (Lipinski definition) is 0. The minimum absolute atomic E-state index is 0.0855. The van der Waals surface area contributed by atoms with Crippen LogP contribution in [0.15, 0.2) is 48.9 Å². The molecule has 0 saturated carbocycles. The van der Waals surface area contributed by atoms with Gasteiger partial charge in [0, 0.05) is 37.3 Å². The lowest BCUT2D eigenvalue weighted by atomic mass is 9.90. The van der Waals surface area contributed by atoms with Crippen molar-refractivity contribution in [2.75, 3.05) is 13.1 Å². The van der Waals surface area contributed by atoms with Gasteiger partial charge in [-0.3, -0.25) is 4.79 Å². The molecule has 5 heteroatoms. The third kappa shape index (κ3) is 3.54. The second kappa shape index (κ2) is 7.01. The summed E-state index contributed by atoms with van der Waals surface area (Å²) in [6.07, 6.45) is 4.19. The summed E-state index contributed by atoms with van der Waals surface area (Å²) < 4.78 is 0. The number of benzene rings is 1. The van der Waals surface area contributed by atoms with Crippen molar-refractivity contribution in [2.45, 2.75) is 18.8 Å². The Labute approximate surface area is 135 Å². The maximum absolute atomic E-state index is 12.4. The number of rotatable bonds is 4. The molecule has 2 aromatic rings. The van der Waals surface area contributed by atoms with Gasteiger partial charge in [-0.2, -0.15) is 5.26 Å². The molecule has 1 saturated heterocycles. The van der Waals surface area contributed by atoms with Gasteiger partial charge in [0.25, 0.3) is 0 Å². The van der Waals surface area contributed by atoms with E-state index >= 15 is 0 Å². The third-order valence-corrected chi connectivity index (χ3v) is 4.30. The lowest BCUT2D eigenvalue weighted by Crippen LogP contribution is -2.29. The first kappa shape index (κ1) is 15.2. The molecule has 0 unspecified atom stereocenters. The standard InChI is InChI=1S/C18H18N4O/c19-10-15-11-22(12-17(15)14-4-2-1-3-5-14)18(23)7-6-16-8-9-20-13-21-16/h1-5,8-9,13,15,17H,6-7,11-12H2/t15-,17+/m1/s1. The smallest absolute Gasteiger partial charge is 0.223 e. The molecule has 1 fully saturated rings. The number of aromatic nitrogens is 2. The van der Waals surface area contributed by atoms with E-state index in [0.717, 1.165) is 11.3 Å². The van der Waals surface area contributed by atoms with E-state index < -0.39 is 0 Å². The number of nitrogens with zero attached hydrogens (tertiary/aromatic N) is 4. The van der Waals surface area contributed by atoms with Crippen LogP contribution in [0.4, 0.5) is 0 Å². The Morgan fingerprint density at radius 1 is 1.26 bits per heavy atom. The Morgan fingerprint density at radius 2 is 2.09 bits per heavy atom. The van der Waals surface area contributed by atoms with E-state index in [-0.39, 0.29) is 17.7 Å². The van der Waals surface area contributed by atoms with Gasteiger partial charge >= 0.3 is 0 Å². The fourth-order valence-electron chi connectivity index (χ4n) is 3.04. The summed E-state index contributed by atoms with van der Waals surface area (Å²) in [7, 11) is 0. The van der Waals surface area contributed by atoms with Gasteiger partial charge in [-0.1, -0.05) is 30.3 Å². The molecule has 0 spiro atoms. The van der Waals surface area contributed by atoms with Crippen LogP contribution in [0.1, 0.15) is 23.6 Å². The van der Waals surface area contributed by atoms with Crippen LogP contribution in [0.25, 0.3) is 0 Å². The van der Waals surface area contributed by atoms with Gasteiger partial charge in [-0.25, -0.2) is 9.97 Å². The molecule has 1 aliphatic heterocycles. The van der Waals surface area contributed by atoms with Crippen LogP contribution in [0.5, 0.6) is 0 Å². The monoisotopic (exact) mass is 306 g/mol. The summed E-state index contributed by atoms with van der Waals surface area (Å²) in [4.78, 5) is 22.3. The zero-order valence-electron chi connectivity index (χ0n) is 12.8. The number of carbonyl (C=O) groups excluding carboxylic acids is 1. The van der Waals surface area contributed by atoms with Crippen molar-refractivity contribution in [1.82, 2.24) is 14.9 Å². The van der Waals surface area contributed by atoms with Crippen LogP contribution in [-0.2, 0) is 11.2 Å². The molecule has 2 atom stereocenters. The molecule has 0 N–H and O–H groups in total. The molecule has 1 aromatic heterocycles. The second-order valence-corrected chi connectivity index (χ2v) is 5.75. The average molecular weight is 306 g/mol. The van der Waals surface area contributed by atoms with Crippen LogP contribution >= 0.6 is 0 Å². The molecule has 0 radical (unpaired) electrons. The minimum Gasteiger partial charge on any atom is -0.341 e. The molecule has 1 aliphatic rings. The van der Waals surface area contributed by atoms with E-state index in [1.54, 1.807) is 6.20 Å². The number of carbonyl (C=O) groups is 1. The summed E-state index contributed by atoms with van der Waals surface area (Å²) in [5.74, 6) is 0.0480. The van der Waals surface area contributed by atoms with Crippen LogP contribution in [-0.4, -0.2) is 33.9 Å². The maximum Gasteiger partial charge on any atom is 0.223 e. The van der Waals surface area contributed by atoms with Crippen molar-refractivity contribution in [1.29, 1.82) is 5.26 Å². The van der Waals surface area contributed by atoms with Crippen molar-refractivity contribution in [3.8, 4) is 6.07 Å². The maximum atomic E-state index is 12.4. The fraction of sp³-hybridized carbons (Fsp3) is 0.333. The van der Waals surface area contributed by atoms with Crippen molar-refractivity contribution in [2.24, 2.45) is 5.92 Å². The number of aryl methyl sites for hydroxylation is 1. The molecule has 1 amide bonds. The predicted molar refractivity (Wildman–Crippen MR) is 85.2 cm³/mol. The number of nitriles is 1. The lowest BCUT2D eigenvalue weighted by molar-refractivity contribution is -0.130. The summed E-state index contributed by atoms with van der Waals surface area (Å²) in [5.41, 5.74) is 1.99. The normalized spacial score (nSPS) is 20.2. The molecule has 0 aliphatic carbocycles. The van der Waals surface area contributed by atoms with Crippen molar-refractivity contribution in [3.05, 3.63) is 60.2 Å². The van der Waals surface area contributed by atoms with Gasteiger partial charge in [-0.15, -0.1) is 0 Å². The Bertz CT molecular complexity index is 696. The largest absolute Gasteiger partial charge is 0.341 e. The van der Waals surface area contributed by atoms with E-state index in [2.05, 4.69) is 16.0 Å². The van der Waals surface area contributed by atoms with Gasteiger partial charge in [-0.05, 0) is 18.1 Å². The number of hydrogen-bond acceptors (Lipinski definition) is 4. The average Bonchev–Trinajstić information content (AvgIpc) is 3.06. The molecule has 1 aromatic carbocycles. The van der Waals surface area contributed by atoms with E-state index in [1.165, 1.54) is 6.33 Å². The van der Waals surface area contributed by atoms with E-state index in [1.807, 2.05) is 41.3 Å². The Balaban J connectivity index is 1.63. The molecular weight excluding hydrogens is 288 g/mol. The summed E-state index contributed by atoms with van der Waals surface area (Å²) in [6, 6.07) is 14.2. The van der Waals surface area contributed by atoms with Crippen molar-refractivity contribution in [3.63, 3.8) is 0 Å². The first-order chi connectivity index (χ1) is 11.3. The van der Waals surface area contributed by atoms with Gasteiger partial charge in [0.2, 0.25) is 5.91 Å². The van der Waals surface area contributed by atoms with Crippen LogP contribution in [0.2, 0.25) is 0 Å². The van der Waals surface area contributed by atoms with Gasteiger partial charge in [0.15, 0.2) is 0 Å². The topological polar surface area (TPSA) is 69.9 Å². The van der Waals surface area contributed by atoms with E-state index in [0.29, 0.717) is 25.9 Å². The molecule has 5 nitrogen and oxygen atoms in total. The van der Waals surface area contributed by atoms with Crippen LogP contribution in [0.3, 0.4) is 0 Å². The Hall–Kier alpha value is -2.74. The molecule has 0 bridgehead atoms. The molecular formula is C18H18N4O. The van der Waals surface area contributed by atoms with Crippen molar-refractivity contribution >= 4 is 5.91 Å². The minimum atomic E-state index is -0.139. The number of likely N-dealkylation sites (tertiary alicyclic amines) is 1. The van der Waals surface area contributed by atoms with E-state index in [4.69, 9.17) is 0 Å². The van der Waals surface area contributed by atoms with Gasteiger partial charge < -0.3 is 4.90 Å². The zero-order valence-corrected chi connectivity index (χ0v) is 12.8. The highest BCUT2D eigenvalue weighted by Gasteiger charge is 2.35. The molecule has 2 heterocycles. The van der Waals surface area contributed by atoms with Gasteiger partial charge in [0.1, 0.15) is 6.33 Å². The first-order valence-electron chi connectivity index (χ1n) is 7.75. The molecule has 3 rings (SSSR count). The quantitative estimate of drug-likeness (QED) is 0.868. The summed E-state index contributed by atoms with van der Waals surface area (Å²) in [5, 5.41) is 9.40. The Kier molecular flexibility index (Phi) is 4.62. The van der Waals surface area contributed by atoms with E-state index in [9.17, 15) is 10.1 Å². The summed E-state index contributed by atoms with van der Waals surface area (Å²) in [6.45, 7) is 1.13. The molecule has 23 heavy (non-hydrogen) atoms. The van der Waals surface area contributed by atoms with Gasteiger partial charge in [0.05, 0.1) is 12.0 Å². The highest BCUT2D eigenvalue weighted by Crippen LogP contribution is 2.32. The van der Waals surface area contributed by atoms with Crippen LogP contribution < -0.4 is 0 Å². The lowest BCUT2D eigenvalue weighted by Gasteiger charge is -2.16. The SMILES string of the molecule is N#C[C@@H]1CN(C(=O)CCc2ccncn2)C[C@H]1c1ccccc1. The summed E-state index contributed by atoms with van der Waals surface area (Å²) >= 11 is 0. The fourth-order valence-corrected chi connectivity index (χ4v) is 3.04. The molecule has 116 valence electrons.